The molecule has 2 rings (SSSR count). The van der Waals surface area contributed by atoms with Gasteiger partial charge in [0, 0.05) is 5.02 Å². The summed E-state index contributed by atoms with van der Waals surface area (Å²) in [7, 11) is 0. The van der Waals surface area contributed by atoms with Crippen molar-refractivity contribution in [3.8, 4) is 0 Å². The Hall–Kier alpha value is -1.48. The van der Waals surface area contributed by atoms with Crippen LogP contribution >= 0.6 is 11.6 Å². The Morgan fingerprint density at radius 2 is 2.19 bits per heavy atom. The zero-order valence-electron chi connectivity index (χ0n) is 8.76. The van der Waals surface area contributed by atoms with E-state index in [1.807, 2.05) is 13.0 Å². The van der Waals surface area contributed by atoms with Gasteiger partial charge in [-0.1, -0.05) is 11.6 Å². The number of hydrogen-bond donors (Lipinski definition) is 1. The number of hydrogen-bond acceptors (Lipinski definition) is 2. The molecular formula is C12H11ClFNO. The van der Waals surface area contributed by atoms with Gasteiger partial charge in [0.1, 0.15) is 11.6 Å². The fraction of sp³-hybridized carbons (Fsp3) is 0.167. The molecule has 2 aromatic rings. The quantitative estimate of drug-likeness (QED) is 0.876. The highest BCUT2D eigenvalue weighted by atomic mass is 35.5. The van der Waals surface area contributed by atoms with Crippen molar-refractivity contribution in [3.63, 3.8) is 0 Å². The van der Waals surface area contributed by atoms with Crippen LogP contribution in [0, 0.1) is 12.7 Å². The highest BCUT2D eigenvalue weighted by Gasteiger charge is 2.05. The molecule has 0 unspecified atom stereocenters. The van der Waals surface area contributed by atoms with Gasteiger partial charge in [-0.2, -0.15) is 0 Å². The molecule has 0 spiro atoms. The fourth-order valence-corrected chi connectivity index (χ4v) is 1.57. The van der Waals surface area contributed by atoms with Crippen molar-refractivity contribution in [2.45, 2.75) is 13.5 Å². The van der Waals surface area contributed by atoms with Crippen LogP contribution in [0.5, 0.6) is 0 Å². The molecule has 84 valence electrons. The van der Waals surface area contributed by atoms with Crippen LogP contribution in [0.4, 0.5) is 10.1 Å². The first-order chi connectivity index (χ1) is 7.66. The molecule has 0 aliphatic carbocycles. The predicted octanol–water partition coefficient (Wildman–Crippen LogP) is 3.99. The van der Waals surface area contributed by atoms with E-state index in [0.29, 0.717) is 17.3 Å². The van der Waals surface area contributed by atoms with E-state index in [4.69, 9.17) is 16.0 Å². The summed E-state index contributed by atoms with van der Waals surface area (Å²) in [6.45, 7) is 2.38. The van der Waals surface area contributed by atoms with Crippen molar-refractivity contribution in [2.24, 2.45) is 0 Å². The highest BCUT2D eigenvalue weighted by Crippen LogP contribution is 2.20. The zero-order valence-corrected chi connectivity index (χ0v) is 9.51. The normalized spacial score (nSPS) is 10.4. The van der Waals surface area contributed by atoms with Crippen LogP contribution in [-0.4, -0.2) is 0 Å². The predicted molar refractivity (Wildman–Crippen MR) is 62.2 cm³/mol. The molecule has 0 saturated heterocycles. The molecular weight excluding hydrogens is 229 g/mol. The molecule has 1 aromatic carbocycles. The minimum atomic E-state index is -0.325. The minimum absolute atomic E-state index is 0.325. The molecule has 0 radical (unpaired) electrons. The van der Waals surface area contributed by atoms with Gasteiger partial charge in [-0.25, -0.2) is 4.39 Å². The first-order valence-electron chi connectivity index (χ1n) is 4.88. The number of halogens is 2. The molecule has 0 amide bonds. The summed E-state index contributed by atoms with van der Waals surface area (Å²) in [5.74, 6) is 0.466. The number of benzene rings is 1. The van der Waals surface area contributed by atoms with Gasteiger partial charge in [0.15, 0.2) is 0 Å². The average Bonchev–Trinajstić information content (AvgIpc) is 2.66. The second-order valence-electron chi connectivity index (χ2n) is 3.50. The monoisotopic (exact) mass is 239 g/mol. The van der Waals surface area contributed by atoms with Gasteiger partial charge in [-0.3, -0.25) is 0 Å². The third kappa shape index (κ3) is 2.36. The second-order valence-corrected chi connectivity index (χ2v) is 3.94. The fourth-order valence-electron chi connectivity index (χ4n) is 1.39. The molecule has 0 aliphatic heterocycles. The maximum absolute atomic E-state index is 13.3. The molecule has 0 fully saturated rings. The maximum atomic E-state index is 13.3. The maximum Gasteiger partial charge on any atom is 0.146 e. The summed E-state index contributed by atoms with van der Waals surface area (Å²) in [5, 5.41) is 3.44. The minimum Gasteiger partial charge on any atom is -0.467 e. The molecule has 2 nitrogen and oxygen atoms in total. The Bertz CT molecular complexity index is 496. The lowest BCUT2D eigenvalue weighted by Crippen LogP contribution is -2.01. The summed E-state index contributed by atoms with van der Waals surface area (Å²) in [6, 6.07) is 6.26. The van der Waals surface area contributed by atoms with Crippen molar-refractivity contribution in [2.75, 3.05) is 5.32 Å². The van der Waals surface area contributed by atoms with Gasteiger partial charge in [-0.05, 0) is 36.8 Å². The van der Waals surface area contributed by atoms with Crippen LogP contribution in [-0.2, 0) is 6.54 Å². The van der Waals surface area contributed by atoms with Crippen LogP contribution in [0.3, 0.4) is 0 Å². The molecule has 0 bridgehead atoms. The second kappa shape index (κ2) is 4.58. The number of rotatable bonds is 3. The van der Waals surface area contributed by atoms with E-state index >= 15 is 0 Å². The van der Waals surface area contributed by atoms with Crippen LogP contribution in [0.1, 0.15) is 11.3 Å². The van der Waals surface area contributed by atoms with Crippen LogP contribution in [0.15, 0.2) is 34.9 Å². The third-order valence-electron chi connectivity index (χ3n) is 2.34. The smallest absolute Gasteiger partial charge is 0.146 e. The lowest BCUT2D eigenvalue weighted by Gasteiger charge is -2.06. The summed E-state index contributed by atoms with van der Waals surface area (Å²) in [4.78, 5) is 0. The van der Waals surface area contributed by atoms with Crippen LogP contribution < -0.4 is 5.32 Å². The number of nitrogens with one attached hydrogen (secondary N) is 1. The van der Waals surface area contributed by atoms with E-state index in [0.717, 1.165) is 11.3 Å². The van der Waals surface area contributed by atoms with E-state index in [9.17, 15) is 4.39 Å². The third-order valence-corrected chi connectivity index (χ3v) is 2.57. The van der Waals surface area contributed by atoms with E-state index in [-0.39, 0.29) is 5.82 Å². The average molecular weight is 240 g/mol. The van der Waals surface area contributed by atoms with E-state index in [2.05, 4.69) is 5.32 Å². The Morgan fingerprint density at radius 3 is 2.88 bits per heavy atom. The van der Waals surface area contributed by atoms with Gasteiger partial charge in [0.25, 0.3) is 0 Å². The summed E-state index contributed by atoms with van der Waals surface area (Å²) in [6.07, 6.45) is 1.61. The SMILES string of the molecule is Cc1ccoc1CNc1cc(Cl)ccc1F. The largest absolute Gasteiger partial charge is 0.467 e. The zero-order chi connectivity index (χ0) is 11.5. The van der Waals surface area contributed by atoms with E-state index < -0.39 is 0 Å². The molecule has 0 aliphatic rings. The van der Waals surface area contributed by atoms with Gasteiger partial charge in [-0.15, -0.1) is 0 Å². The molecule has 1 heterocycles. The van der Waals surface area contributed by atoms with Gasteiger partial charge < -0.3 is 9.73 Å². The molecule has 1 aromatic heterocycles. The molecule has 4 heteroatoms. The van der Waals surface area contributed by atoms with E-state index in [1.165, 1.54) is 12.1 Å². The summed E-state index contributed by atoms with van der Waals surface area (Å²) >= 11 is 5.78. The highest BCUT2D eigenvalue weighted by molar-refractivity contribution is 6.30. The van der Waals surface area contributed by atoms with Crippen molar-refractivity contribution in [3.05, 3.63) is 52.7 Å². The summed E-state index contributed by atoms with van der Waals surface area (Å²) < 4.78 is 18.6. The van der Waals surface area contributed by atoms with Crippen molar-refractivity contribution in [1.29, 1.82) is 0 Å². The summed E-state index contributed by atoms with van der Waals surface area (Å²) in [5.41, 5.74) is 1.42. The Morgan fingerprint density at radius 1 is 1.38 bits per heavy atom. The van der Waals surface area contributed by atoms with E-state index in [1.54, 1.807) is 12.3 Å². The molecule has 0 atom stereocenters. The van der Waals surface area contributed by atoms with Crippen LogP contribution in [0.2, 0.25) is 5.02 Å². The number of aryl methyl sites for hydroxylation is 1. The first kappa shape index (κ1) is 11.0. The Balaban J connectivity index is 2.10. The van der Waals surface area contributed by atoms with Gasteiger partial charge in [0.2, 0.25) is 0 Å². The standard InChI is InChI=1S/C12H11ClFNO/c1-8-4-5-16-12(8)7-15-11-6-9(13)2-3-10(11)14/h2-6,15H,7H2,1H3. The van der Waals surface area contributed by atoms with Crippen LogP contribution in [0.25, 0.3) is 0 Å². The topological polar surface area (TPSA) is 25.2 Å². The number of furan rings is 1. The van der Waals surface area contributed by atoms with Crippen molar-refractivity contribution in [1.82, 2.24) is 0 Å². The number of anilines is 1. The van der Waals surface area contributed by atoms with Gasteiger partial charge >= 0.3 is 0 Å². The van der Waals surface area contributed by atoms with Crippen molar-refractivity contribution >= 4 is 17.3 Å². The molecule has 0 saturated carbocycles. The van der Waals surface area contributed by atoms with Gasteiger partial charge in [0.05, 0.1) is 18.5 Å². The Labute approximate surface area is 98.0 Å². The lowest BCUT2D eigenvalue weighted by atomic mass is 10.2. The van der Waals surface area contributed by atoms with Crippen molar-refractivity contribution < 1.29 is 8.81 Å². The first-order valence-corrected chi connectivity index (χ1v) is 5.26. The molecule has 1 N–H and O–H groups in total. The lowest BCUT2D eigenvalue weighted by molar-refractivity contribution is 0.514. The Kier molecular flexibility index (Phi) is 3.15. The molecule has 16 heavy (non-hydrogen) atoms.